The standard InChI is InChI=1S/C14H12BrFN2O/c15-12-5-4-11(17)8-13(12)18-14(19)7-9-2-1-3-10(16)6-9/h1-6,8H,7,17H2,(H,18,19). The van der Waals surface area contributed by atoms with E-state index in [-0.39, 0.29) is 18.1 Å². The van der Waals surface area contributed by atoms with Crippen LogP contribution in [-0.4, -0.2) is 5.91 Å². The Morgan fingerprint density at radius 3 is 2.79 bits per heavy atom. The van der Waals surface area contributed by atoms with Crippen molar-refractivity contribution < 1.29 is 9.18 Å². The van der Waals surface area contributed by atoms with Crippen molar-refractivity contribution in [1.82, 2.24) is 0 Å². The van der Waals surface area contributed by atoms with E-state index in [9.17, 15) is 9.18 Å². The number of carbonyl (C=O) groups is 1. The van der Waals surface area contributed by atoms with Crippen LogP contribution in [0, 0.1) is 5.82 Å². The van der Waals surface area contributed by atoms with Crippen molar-refractivity contribution in [2.24, 2.45) is 0 Å². The molecule has 0 saturated carbocycles. The van der Waals surface area contributed by atoms with E-state index in [1.165, 1.54) is 12.1 Å². The molecule has 19 heavy (non-hydrogen) atoms. The van der Waals surface area contributed by atoms with Gasteiger partial charge in [-0.25, -0.2) is 4.39 Å². The second-order valence-electron chi connectivity index (χ2n) is 4.09. The van der Waals surface area contributed by atoms with Crippen molar-refractivity contribution in [3.63, 3.8) is 0 Å². The average molecular weight is 323 g/mol. The molecule has 5 heteroatoms. The van der Waals surface area contributed by atoms with Gasteiger partial charge < -0.3 is 11.1 Å². The smallest absolute Gasteiger partial charge is 0.228 e. The van der Waals surface area contributed by atoms with E-state index in [0.717, 1.165) is 4.47 Å². The Labute approximate surface area is 118 Å². The van der Waals surface area contributed by atoms with Gasteiger partial charge in [0.2, 0.25) is 5.91 Å². The highest BCUT2D eigenvalue weighted by Crippen LogP contribution is 2.24. The third-order valence-corrected chi connectivity index (χ3v) is 3.21. The van der Waals surface area contributed by atoms with E-state index in [1.54, 1.807) is 30.3 Å². The maximum Gasteiger partial charge on any atom is 0.228 e. The minimum Gasteiger partial charge on any atom is -0.399 e. The number of amides is 1. The van der Waals surface area contributed by atoms with Gasteiger partial charge in [0.25, 0.3) is 0 Å². The maximum atomic E-state index is 13.0. The maximum absolute atomic E-state index is 13.0. The van der Waals surface area contributed by atoms with Gasteiger partial charge in [0.05, 0.1) is 12.1 Å². The second kappa shape index (κ2) is 5.84. The van der Waals surface area contributed by atoms with Crippen LogP contribution in [0.2, 0.25) is 0 Å². The SMILES string of the molecule is Nc1ccc(Br)c(NC(=O)Cc2cccc(F)c2)c1. The first kappa shape index (κ1) is 13.5. The van der Waals surface area contributed by atoms with E-state index >= 15 is 0 Å². The Bertz CT molecular complexity index is 616. The van der Waals surface area contributed by atoms with Crippen LogP contribution < -0.4 is 11.1 Å². The zero-order chi connectivity index (χ0) is 13.8. The van der Waals surface area contributed by atoms with Crippen LogP contribution in [0.15, 0.2) is 46.9 Å². The van der Waals surface area contributed by atoms with Gasteiger partial charge in [-0.15, -0.1) is 0 Å². The molecule has 2 rings (SSSR count). The lowest BCUT2D eigenvalue weighted by Gasteiger charge is -2.08. The lowest BCUT2D eigenvalue weighted by Crippen LogP contribution is -2.15. The monoisotopic (exact) mass is 322 g/mol. The number of rotatable bonds is 3. The van der Waals surface area contributed by atoms with Crippen LogP contribution in [0.1, 0.15) is 5.56 Å². The highest BCUT2D eigenvalue weighted by Gasteiger charge is 2.07. The van der Waals surface area contributed by atoms with E-state index in [2.05, 4.69) is 21.2 Å². The summed E-state index contributed by atoms with van der Waals surface area (Å²) in [6.45, 7) is 0. The van der Waals surface area contributed by atoms with Crippen LogP contribution >= 0.6 is 15.9 Å². The molecule has 1 amide bonds. The van der Waals surface area contributed by atoms with Gasteiger partial charge in [0.15, 0.2) is 0 Å². The van der Waals surface area contributed by atoms with Crippen LogP contribution in [0.4, 0.5) is 15.8 Å². The Balaban J connectivity index is 2.07. The zero-order valence-electron chi connectivity index (χ0n) is 9.99. The molecule has 0 unspecified atom stereocenters. The van der Waals surface area contributed by atoms with Crippen LogP contribution in [-0.2, 0) is 11.2 Å². The highest BCUT2D eigenvalue weighted by molar-refractivity contribution is 9.10. The molecule has 0 bridgehead atoms. The van der Waals surface area contributed by atoms with E-state index in [4.69, 9.17) is 5.73 Å². The number of anilines is 2. The first-order valence-corrected chi connectivity index (χ1v) is 6.43. The lowest BCUT2D eigenvalue weighted by atomic mass is 10.1. The fraction of sp³-hybridized carbons (Fsp3) is 0.0714. The summed E-state index contributed by atoms with van der Waals surface area (Å²) in [5.74, 6) is -0.577. The first-order valence-electron chi connectivity index (χ1n) is 5.64. The number of nitrogen functional groups attached to an aromatic ring is 1. The van der Waals surface area contributed by atoms with Crippen LogP contribution in [0.25, 0.3) is 0 Å². The van der Waals surface area contributed by atoms with Gasteiger partial charge in [0.1, 0.15) is 5.82 Å². The fourth-order valence-corrected chi connectivity index (χ4v) is 2.01. The summed E-state index contributed by atoms with van der Waals surface area (Å²) in [5.41, 5.74) is 7.43. The molecule has 3 N–H and O–H groups in total. The van der Waals surface area contributed by atoms with Gasteiger partial charge in [-0.3, -0.25) is 4.79 Å². The minimum absolute atomic E-state index is 0.110. The quantitative estimate of drug-likeness (QED) is 0.851. The molecule has 0 saturated heterocycles. The molecular weight excluding hydrogens is 311 g/mol. The summed E-state index contributed by atoms with van der Waals surface area (Å²) in [6, 6.07) is 11.1. The molecule has 0 aromatic heterocycles. The Morgan fingerprint density at radius 2 is 2.05 bits per heavy atom. The summed E-state index contributed by atoms with van der Waals surface area (Å²) >= 11 is 3.33. The summed E-state index contributed by atoms with van der Waals surface area (Å²) in [4.78, 5) is 11.9. The highest BCUT2D eigenvalue weighted by atomic mass is 79.9. The van der Waals surface area contributed by atoms with Crippen molar-refractivity contribution in [2.75, 3.05) is 11.1 Å². The van der Waals surface area contributed by atoms with Gasteiger partial charge >= 0.3 is 0 Å². The van der Waals surface area contributed by atoms with Crippen molar-refractivity contribution in [2.45, 2.75) is 6.42 Å². The molecule has 0 radical (unpaired) electrons. The molecule has 0 atom stereocenters. The number of nitrogens with two attached hydrogens (primary N) is 1. The molecular formula is C14H12BrFN2O. The third kappa shape index (κ3) is 3.79. The molecule has 3 nitrogen and oxygen atoms in total. The van der Waals surface area contributed by atoms with Crippen molar-refractivity contribution >= 4 is 33.2 Å². The molecule has 0 aliphatic rings. The number of carbonyl (C=O) groups excluding carboxylic acids is 1. The number of benzene rings is 2. The van der Waals surface area contributed by atoms with Gasteiger partial charge in [-0.05, 0) is 51.8 Å². The largest absolute Gasteiger partial charge is 0.399 e. The van der Waals surface area contributed by atoms with Crippen molar-refractivity contribution in [3.8, 4) is 0 Å². The molecule has 0 heterocycles. The predicted octanol–water partition coefficient (Wildman–Crippen LogP) is 3.35. The fourth-order valence-electron chi connectivity index (χ4n) is 1.67. The van der Waals surface area contributed by atoms with Crippen LogP contribution in [0.3, 0.4) is 0 Å². The Morgan fingerprint density at radius 1 is 1.26 bits per heavy atom. The summed E-state index contributed by atoms with van der Waals surface area (Å²) in [6.07, 6.45) is 0.110. The molecule has 0 aliphatic heterocycles. The molecule has 2 aromatic rings. The van der Waals surface area contributed by atoms with E-state index < -0.39 is 0 Å². The van der Waals surface area contributed by atoms with Crippen LogP contribution in [0.5, 0.6) is 0 Å². The van der Waals surface area contributed by atoms with Gasteiger partial charge in [-0.2, -0.15) is 0 Å². The molecule has 0 fully saturated rings. The molecule has 0 spiro atoms. The Kier molecular flexibility index (Phi) is 4.16. The van der Waals surface area contributed by atoms with E-state index in [1.807, 2.05) is 0 Å². The average Bonchev–Trinajstić information content (AvgIpc) is 2.34. The predicted molar refractivity (Wildman–Crippen MR) is 77.3 cm³/mol. The number of nitrogens with one attached hydrogen (secondary N) is 1. The third-order valence-electron chi connectivity index (χ3n) is 2.52. The van der Waals surface area contributed by atoms with Crippen molar-refractivity contribution in [1.29, 1.82) is 0 Å². The topological polar surface area (TPSA) is 55.1 Å². The minimum atomic E-state index is -0.351. The number of halogens is 2. The number of hydrogen-bond acceptors (Lipinski definition) is 2. The van der Waals surface area contributed by atoms with Crippen molar-refractivity contribution in [3.05, 3.63) is 58.3 Å². The molecule has 98 valence electrons. The molecule has 0 aliphatic carbocycles. The van der Waals surface area contributed by atoms with Gasteiger partial charge in [0, 0.05) is 10.2 Å². The second-order valence-corrected chi connectivity index (χ2v) is 4.95. The summed E-state index contributed by atoms with van der Waals surface area (Å²) in [7, 11) is 0. The van der Waals surface area contributed by atoms with E-state index in [0.29, 0.717) is 16.9 Å². The zero-order valence-corrected chi connectivity index (χ0v) is 11.6. The Hall–Kier alpha value is -1.88. The number of hydrogen-bond donors (Lipinski definition) is 2. The first-order chi connectivity index (χ1) is 9.04. The lowest BCUT2D eigenvalue weighted by molar-refractivity contribution is -0.115. The summed E-state index contributed by atoms with van der Waals surface area (Å²) in [5, 5.41) is 2.73. The molecule has 2 aromatic carbocycles. The summed E-state index contributed by atoms with van der Waals surface area (Å²) < 4.78 is 13.8. The van der Waals surface area contributed by atoms with Gasteiger partial charge in [-0.1, -0.05) is 12.1 Å². The normalized spacial score (nSPS) is 10.2.